The van der Waals surface area contributed by atoms with E-state index >= 15 is 0 Å². The summed E-state index contributed by atoms with van der Waals surface area (Å²) in [6.07, 6.45) is 52.8. The number of hydrogen-bond acceptors (Lipinski definition) is 8. The molecule has 55 heavy (non-hydrogen) atoms. The number of unbranched alkanes of at least 4 members (excludes halogenated alkanes) is 5. The van der Waals surface area contributed by atoms with Gasteiger partial charge in [-0.3, -0.25) is 18.6 Å². The van der Waals surface area contributed by atoms with Crippen molar-refractivity contribution in [2.75, 3.05) is 26.4 Å². The van der Waals surface area contributed by atoms with Gasteiger partial charge in [-0.05, 0) is 89.9 Å². The van der Waals surface area contributed by atoms with Crippen molar-refractivity contribution in [2.45, 2.75) is 136 Å². The number of rotatable bonds is 36. The zero-order valence-corrected chi connectivity index (χ0v) is 34.7. The number of phosphoric ester groups is 1. The van der Waals surface area contributed by atoms with Crippen LogP contribution in [0.5, 0.6) is 0 Å². The molecule has 0 aromatic carbocycles. The van der Waals surface area contributed by atoms with E-state index < -0.39 is 32.5 Å². The average molecular weight is 786 g/mol. The molecule has 0 aliphatic carbocycles. The summed E-state index contributed by atoms with van der Waals surface area (Å²) >= 11 is 0. The minimum absolute atomic E-state index is 0.0308. The molecule has 0 saturated heterocycles. The van der Waals surface area contributed by atoms with Crippen LogP contribution in [0, 0.1) is 0 Å². The first-order chi connectivity index (χ1) is 26.8. The predicted molar refractivity (Wildman–Crippen MR) is 228 cm³/mol. The van der Waals surface area contributed by atoms with E-state index in [4.69, 9.17) is 24.3 Å². The molecule has 310 valence electrons. The minimum Gasteiger partial charge on any atom is -0.462 e. The normalized spacial score (nSPS) is 14.5. The molecule has 1 unspecified atom stereocenters. The van der Waals surface area contributed by atoms with Crippen LogP contribution in [0.4, 0.5) is 0 Å². The van der Waals surface area contributed by atoms with E-state index in [-0.39, 0.29) is 32.6 Å². The van der Waals surface area contributed by atoms with Crippen LogP contribution in [0.1, 0.15) is 129 Å². The highest BCUT2D eigenvalue weighted by Gasteiger charge is 2.25. The van der Waals surface area contributed by atoms with Crippen LogP contribution in [0.3, 0.4) is 0 Å². The van der Waals surface area contributed by atoms with E-state index in [1.165, 1.54) is 19.3 Å². The van der Waals surface area contributed by atoms with E-state index in [1.54, 1.807) is 0 Å². The standard InChI is InChI=1S/C45H72NO8P/c1-3-5-7-9-11-13-15-17-19-21-23-25-27-29-31-33-35-37-44(47)51-41-43(42-53-55(49,50)52-40-39-46)54-45(48)38-36-34-32-30-28-26-24-22-20-18-16-14-12-10-8-6-4-2/h5,7,11-14,17-20,23-26,29-32,43H,3-4,6,8-10,15-16,21-22,27-28,33-42,46H2,1-2H3,(H,49,50)/b7-5-,13-11-,14-12-,19-17-,20-18-,25-23-,26-24-,31-29-,32-30-/t43-/m1/s1. The Kier molecular flexibility index (Phi) is 37.9. The zero-order valence-electron chi connectivity index (χ0n) is 33.9. The largest absolute Gasteiger partial charge is 0.472 e. The van der Waals surface area contributed by atoms with Gasteiger partial charge in [-0.2, -0.15) is 0 Å². The van der Waals surface area contributed by atoms with Crippen molar-refractivity contribution in [3.63, 3.8) is 0 Å². The second-order valence-corrected chi connectivity index (χ2v) is 14.2. The third-order valence-corrected chi connectivity index (χ3v) is 8.63. The van der Waals surface area contributed by atoms with Crippen molar-refractivity contribution in [1.82, 2.24) is 0 Å². The van der Waals surface area contributed by atoms with Crippen molar-refractivity contribution in [1.29, 1.82) is 0 Å². The number of nitrogens with two attached hydrogens (primary N) is 1. The molecule has 0 aromatic heterocycles. The molecular formula is C45H72NO8P. The fraction of sp³-hybridized carbons (Fsp3) is 0.556. The Morgan fingerprint density at radius 1 is 0.564 bits per heavy atom. The van der Waals surface area contributed by atoms with E-state index in [1.807, 2.05) is 12.2 Å². The van der Waals surface area contributed by atoms with Crippen LogP contribution in [-0.2, 0) is 32.7 Å². The average Bonchev–Trinajstić information content (AvgIpc) is 3.17. The molecular weight excluding hydrogens is 713 g/mol. The molecule has 2 atom stereocenters. The highest BCUT2D eigenvalue weighted by Crippen LogP contribution is 2.43. The maximum atomic E-state index is 12.5. The molecule has 0 radical (unpaired) electrons. The Morgan fingerprint density at radius 2 is 0.982 bits per heavy atom. The van der Waals surface area contributed by atoms with Crippen LogP contribution in [0.2, 0.25) is 0 Å². The van der Waals surface area contributed by atoms with E-state index in [9.17, 15) is 19.0 Å². The Labute approximate surface area is 333 Å². The number of ether oxygens (including phenoxy) is 2. The van der Waals surface area contributed by atoms with Crippen LogP contribution >= 0.6 is 7.82 Å². The van der Waals surface area contributed by atoms with Crippen LogP contribution in [0.25, 0.3) is 0 Å². The lowest BCUT2D eigenvalue weighted by Gasteiger charge is -2.19. The molecule has 0 aliphatic rings. The second kappa shape index (κ2) is 40.3. The second-order valence-electron chi connectivity index (χ2n) is 12.8. The molecule has 0 aliphatic heterocycles. The number of phosphoric acid groups is 1. The molecule has 0 amide bonds. The van der Waals surface area contributed by atoms with Gasteiger partial charge in [-0.15, -0.1) is 0 Å². The van der Waals surface area contributed by atoms with Gasteiger partial charge in [0, 0.05) is 19.4 Å². The minimum atomic E-state index is -4.41. The Morgan fingerprint density at radius 3 is 1.42 bits per heavy atom. The van der Waals surface area contributed by atoms with E-state index in [2.05, 4.69) is 111 Å². The first-order valence-electron chi connectivity index (χ1n) is 20.4. The molecule has 0 spiro atoms. The molecule has 3 N–H and O–H groups in total. The highest BCUT2D eigenvalue weighted by atomic mass is 31.2. The van der Waals surface area contributed by atoms with Gasteiger partial charge in [0.15, 0.2) is 6.10 Å². The van der Waals surface area contributed by atoms with Gasteiger partial charge in [0.25, 0.3) is 0 Å². The first kappa shape index (κ1) is 51.7. The molecule has 0 rings (SSSR count). The topological polar surface area (TPSA) is 134 Å². The highest BCUT2D eigenvalue weighted by molar-refractivity contribution is 7.47. The molecule has 0 saturated carbocycles. The summed E-state index contributed by atoms with van der Waals surface area (Å²) in [6.45, 7) is 3.42. The van der Waals surface area contributed by atoms with E-state index in [0.29, 0.717) is 19.3 Å². The van der Waals surface area contributed by atoms with Gasteiger partial charge in [-0.1, -0.05) is 136 Å². The number of carbonyl (C=O) groups is 2. The van der Waals surface area contributed by atoms with Gasteiger partial charge >= 0.3 is 19.8 Å². The van der Waals surface area contributed by atoms with Crippen molar-refractivity contribution < 1.29 is 37.6 Å². The summed E-state index contributed by atoms with van der Waals surface area (Å²) in [6, 6.07) is 0. The fourth-order valence-corrected chi connectivity index (χ4v) is 5.43. The maximum absolute atomic E-state index is 12.5. The fourth-order valence-electron chi connectivity index (χ4n) is 4.66. The summed E-state index contributed by atoms with van der Waals surface area (Å²) < 4.78 is 32.6. The van der Waals surface area contributed by atoms with Gasteiger partial charge in [-0.25, -0.2) is 4.57 Å². The lowest BCUT2D eigenvalue weighted by atomic mass is 10.2. The Bertz CT molecular complexity index is 1260. The number of hydrogen-bond donors (Lipinski definition) is 2. The van der Waals surface area contributed by atoms with Gasteiger partial charge in [0.2, 0.25) is 0 Å². The number of allylic oxidation sites excluding steroid dienone is 18. The molecule has 0 aromatic rings. The quantitative estimate of drug-likeness (QED) is 0.0275. The van der Waals surface area contributed by atoms with Crippen molar-refractivity contribution in [3.05, 3.63) is 109 Å². The van der Waals surface area contributed by atoms with Gasteiger partial charge in [0.05, 0.1) is 13.2 Å². The molecule has 0 bridgehead atoms. The summed E-state index contributed by atoms with van der Waals surface area (Å²) in [7, 11) is -4.41. The Balaban J connectivity index is 4.42. The van der Waals surface area contributed by atoms with Crippen molar-refractivity contribution in [3.8, 4) is 0 Å². The van der Waals surface area contributed by atoms with Crippen LogP contribution in [-0.4, -0.2) is 49.3 Å². The summed E-state index contributed by atoms with van der Waals surface area (Å²) in [4.78, 5) is 34.8. The summed E-state index contributed by atoms with van der Waals surface area (Å²) in [5.74, 6) is -0.977. The molecule has 10 heteroatoms. The first-order valence-corrected chi connectivity index (χ1v) is 21.9. The van der Waals surface area contributed by atoms with Crippen molar-refractivity contribution >= 4 is 19.8 Å². The zero-order chi connectivity index (χ0) is 40.3. The third-order valence-electron chi connectivity index (χ3n) is 7.64. The Hall–Kier alpha value is -3.33. The van der Waals surface area contributed by atoms with Crippen LogP contribution < -0.4 is 5.73 Å². The van der Waals surface area contributed by atoms with Crippen LogP contribution in [0.15, 0.2) is 109 Å². The maximum Gasteiger partial charge on any atom is 0.472 e. The predicted octanol–water partition coefficient (Wildman–Crippen LogP) is 11.6. The lowest BCUT2D eigenvalue weighted by Crippen LogP contribution is -2.29. The smallest absolute Gasteiger partial charge is 0.462 e. The molecule has 0 fully saturated rings. The lowest BCUT2D eigenvalue weighted by molar-refractivity contribution is -0.161. The van der Waals surface area contributed by atoms with Gasteiger partial charge < -0.3 is 20.1 Å². The number of esters is 2. The monoisotopic (exact) mass is 785 g/mol. The van der Waals surface area contributed by atoms with E-state index in [0.717, 1.165) is 64.2 Å². The van der Waals surface area contributed by atoms with Gasteiger partial charge in [0.1, 0.15) is 6.61 Å². The molecule has 9 nitrogen and oxygen atoms in total. The molecule has 0 heterocycles. The van der Waals surface area contributed by atoms with Crippen molar-refractivity contribution in [2.24, 2.45) is 5.73 Å². The number of carbonyl (C=O) groups excluding carboxylic acids is 2. The SMILES string of the molecule is CC/C=C\C/C=C\C/C=C\C/C=C\C/C=C\CCCC(=O)OC[C@H](COP(=O)(O)OCCN)OC(=O)CCC/C=C\C/C=C\C/C=C\C/C=C\CCCCC. The summed E-state index contributed by atoms with van der Waals surface area (Å²) in [5, 5.41) is 0. The third kappa shape index (κ3) is 40.2. The summed E-state index contributed by atoms with van der Waals surface area (Å²) in [5.41, 5.74) is 5.33.